The molecule has 1 atom stereocenters. The summed E-state index contributed by atoms with van der Waals surface area (Å²) in [5, 5.41) is 13.0. The quantitative estimate of drug-likeness (QED) is 0.689. The van der Waals surface area contributed by atoms with Gasteiger partial charge in [-0.3, -0.25) is 0 Å². The monoisotopic (exact) mass is 297 g/mol. The average Bonchev–Trinajstić information content (AvgIpc) is 2.47. The van der Waals surface area contributed by atoms with E-state index >= 15 is 0 Å². The van der Waals surface area contributed by atoms with Crippen LogP contribution in [0, 0.1) is 5.92 Å². The summed E-state index contributed by atoms with van der Waals surface area (Å²) in [6.07, 6.45) is 19.1. The van der Waals surface area contributed by atoms with E-state index in [1.807, 2.05) is 0 Å². The van der Waals surface area contributed by atoms with Crippen LogP contribution in [0.25, 0.3) is 0 Å². The third-order valence-electron chi connectivity index (χ3n) is 5.03. The highest BCUT2D eigenvalue weighted by molar-refractivity contribution is 4.71. The number of hydrogen-bond donors (Lipinski definition) is 2. The highest BCUT2D eigenvalue weighted by Crippen LogP contribution is 2.18. The van der Waals surface area contributed by atoms with Gasteiger partial charge in [0.15, 0.2) is 0 Å². The lowest BCUT2D eigenvalue weighted by atomic mass is 9.96. The first-order chi connectivity index (χ1) is 10.4. The van der Waals surface area contributed by atoms with Crippen LogP contribution in [0.2, 0.25) is 0 Å². The molecule has 0 bridgehead atoms. The third kappa shape index (κ3) is 10.3. The fourth-order valence-corrected chi connectivity index (χ4v) is 3.64. The molecule has 0 saturated heterocycles. The van der Waals surface area contributed by atoms with E-state index in [9.17, 15) is 5.11 Å². The molecular formula is C19H39NO. The van der Waals surface area contributed by atoms with Crippen LogP contribution in [0.3, 0.4) is 0 Å². The van der Waals surface area contributed by atoms with Gasteiger partial charge in [0.25, 0.3) is 0 Å². The number of hydrogen-bond acceptors (Lipinski definition) is 2. The SMILES string of the molecule is CCCC(CCO)CNC1CCCCCCCCCCC1. The molecule has 2 heteroatoms. The molecule has 0 aromatic rings. The lowest BCUT2D eigenvalue weighted by molar-refractivity contribution is 0.242. The molecule has 2 nitrogen and oxygen atoms in total. The smallest absolute Gasteiger partial charge is 0.0434 e. The van der Waals surface area contributed by atoms with Crippen molar-refractivity contribution in [3.05, 3.63) is 0 Å². The van der Waals surface area contributed by atoms with Crippen LogP contribution in [0.4, 0.5) is 0 Å². The fourth-order valence-electron chi connectivity index (χ4n) is 3.64. The Morgan fingerprint density at radius 3 is 1.86 bits per heavy atom. The molecule has 0 aromatic heterocycles. The minimum absolute atomic E-state index is 0.344. The van der Waals surface area contributed by atoms with E-state index in [1.165, 1.54) is 83.5 Å². The van der Waals surface area contributed by atoms with Gasteiger partial charge in [0, 0.05) is 12.6 Å². The number of aliphatic hydroxyl groups excluding tert-OH is 1. The van der Waals surface area contributed by atoms with Crippen LogP contribution in [0.5, 0.6) is 0 Å². The van der Waals surface area contributed by atoms with Gasteiger partial charge in [-0.25, -0.2) is 0 Å². The first-order valence-electron chi connectivity index (χ1n) is 9.71. The highest BCUT2D eigenvalue weighted by Gasteiger charge is 2.12. The van der Waals surface area contributed by atoms with Gasteiger partial charge in [-0.2, -0.15) is 0 Å². The zero-order chi connectivity index (χ0) is 15.2. The molecule has 1 aliphatic carbocycles. The van der Waals surface area contributed by atoms with Gasteiger partial charge in [0.1, 0.15) is 0 Å². The lowest BCUT2D eigenvalue weighted by Gasteiger charge is -2.23. The molecule has 0 aromatic carbocycles. The van der Waals surface area contributed by atoms with Crippen molar-refractivity contribution in [3.63, 3.8) is 0 Å². The predicted molar refractivity (Wildman–Crippen MR) is 92.7 cm³/mol. The van der Waals surface area contributed by atoms with Crippen LogP contribution in [0.15, 0.2) is 0 Å². The molecule has 0 radical (unpaired) electrons. The van der Waals surface area contributed by atoms with E-state index < -0.39 is 0 Å². The zero-order valence-electron chi connectivity index (χ0n) is 14.4. The highest BCUT2D eigenvalue weighted by atomic mass is 16.3. The molecule has 21 heavy (non-hydrogen) atoms. The predicted octanol–water partition coefficient (Wildman–Crippen LogP) is 5.05. The Bertz CT molecular complexity index is 202. The summed E-state index contributed by atoms with van der Waals surface area (Å²) in [4.78, 5) is 0. The summed E-state index contributed by atoms with van der Waals surface area (Å²) in [6.45, 7) is 3.70. The average molecular weight is 298 g/mol. The fraction of sp³-hybridized carbons (Fsp3) is 1.00. The van der Waals surface area contributed by atoms with Crippen LogP contribution < -0.4 is 5.32 Å². The Labute approximate surface area is 133 Å². The van der Waals surface area contributed by atoms with Crippen molar-refractivity contribution in [1.29, 1.82) is 0 Å². The van der Waals surface area contributed by atoms with E-state index in [0.717, 1.165) is 19.0 Å². The number of nitrogens with one attached hydrogen (secondary N) is 1. The Hall–Kier alpha value is -0.0800. The minimum atomic E-state index is 0.344. The Kier molecular flexibility index (Phi) is 12.3. The molecular weight excluding hydrogens is 258 g/mol. The molecule has 0 aliphatic heterocycles. The molecule has 1 fully saturated rings. The molecule has 1 saturated carbocycles. The van der Waals surface area contributed by atoms with Crippen LogP contribution >= 0.6 is 0 Å². The normalized spacial score (nSPS) is 21.4. The summed E-state index contributed by atoms with van der Waals surface area (Å²) >= 11 is 0. The van der Waals surface area contributed by atoms with Gasteiger partial charge in [-0.15, -0.1) is 0 Å². The van der Waals surface area contributed by atoms with Crippen molar-refractivity contribution >= 4 is 0 Å². The van der Waals surface area contributed by atoms with E-state index in [1.54, 1.807) is 0 Å². The summed E-state index contributed by atoms with van der Waals surface area (Å²) in [6, 6.07) is 0.725. The summed E-state index contributed by atoms with van der Waals surface area (Å²) < 4.78 is 0. The zero-order valence-corrected chi connectivity index (χ0v) is 14.4. The van der Waals surface area contributed by atoms with E-state index in [0.29, 0.717) is 12.5 Å². The number of rotatable bonds is 7. The van der Waals surface area contributed by atoms with Gasteiger partial charge < -0.3 is 10.4 Å². The van der Waals surface area contributed by atoms with Crippen molar-refractivity contribution < 1.29 is 5.11 Å². The summed E-state index contributed by atoms with van der Waals surface area (Å²) in [7, 11) is 0. The van der Waals surface area contributed by atoms with E-state index in [-0.39, 0.29) is 0 Å². The van der Waals surface area contributed by atoms with Gasteiger partial charge >= 0.3 is 0 Å². The summed E-state index contributed by atoms with van der Waals surface area (Å²) in [5.74, 6) is 0.668. The van der Waals surface area contributed by atoms with Gasteiger partial charge in [0.05, 0.1) is 0 Å². The molecule has 0 heterocycles. The van der Waals surface area contributed by atoms with Crippen molar-refractivity contribution in [2.75, 3.05) is 13.2 Å². The second-order valence-electron chi connectivity index (χ2n) is 7.03. The molecule has 0 spiro atoms. The van der Waals surface area contributed by atoms with Crippen LogP contribution in [-0.2, 0) is 0 Å². The van der Waals surface area contributed by atoms with Crippen molar-refractivity contribution in [1.82, 2.24) is 5.32 Å². The Balaban J connectivity index is 2.29. The molecule has 0 amide bonds. The van der Waals surface area contributed by atoms with E-state index in [2.05, 4.69) is 12.2 Å². The maximum absolute atomic E-state index is 9.18. The molecule has 1 aliphatic rings. The summed E-state index contributed by atoms with van der Waals surface area (Å²) in [5.41, 5.74) is 0. The van der Waals surface area contributed by atoms with Gasteiger partial charge in [-0.05, 0) is 38.1 Å². The topological polar surface area (TPSA) is 32.3 Å². The van der Waals surface area contributed by atoms with Crippen molar-refractivity contribution in [2.45, 2.75) is 103 Å². The van der Waals surface area contributed by atoms with E-state index in [4.69, 9.17) is 0 Å². The molecule has 1 rings (SSSR count). The van der Waals surface area contributed by atoms with Crippen molar-refractivity contribution in [2.24, 2.45) is 5.92 Å². The maximum Gasteiger partial charge on any atom is 0.0434 e. The third-order valence-corrected chi connectivity index (χ3v) is 5.03. The number of aliphatic hydroxyl groups is 1. The Morgan fingerprint density at radius 2 is 1.38 bits per heavy atom. The lowest BCUT2D eigenvalue weighted by Crippen LogP contribution is -2.34. The standard InChI is InChI=1S/C19H39NO/c1-2-12-18(15-16-21)17-20-19-13-10-8-6-4-3-5-7-9-11-14-19/h18-21H,2-17H2,1H3. The molecule has 2 N–H and O–H groups in total. The minimum Gasteiger partial charge on any atom is -0.396 e. The second kappa shape index (κ2) is 13.6. The second-order valence-corrected chi connectivity index (χ2v) is 7.03. The van der Waals surface area contributed by atoms with Crippen LogP contribution in [0.1, 0.15) is 96.8 Å². The van der Waals surface area contributed by atoms with Gasteiger partial charge in [0.2, 0.25) is 0 Å². The van der Waals surface area contributed by atoms with Gasteiger partial charge in [-0.1, -0.05) is 71.1 Å². The van der Waals surface area contributed by atoms with Crippen molar-refractivity contribution in [3.8, 4) is 0 Å². The Morgan fingerprint density at radius 1 is 0.857 bits per heavy atom. The molecule has 1 unspecified atom stereocenters. The molecule has 126 valence electrons. The van der Waals surface area contributed by atoms with Crippen LogP contribution in [-0.4, -0.2) is 24.3 Å². The first kappa shape index (κ1) is 19.0. The largest absolute Gasteiger partial charge is 0.396 e. The first-order valence-corrected chi connectivity index (χ1v) is 9.71. The maximum atomic E-state index is 9.18.